The van der Waals surface area contributed by atoms with E-state index in [1.54, 1.807) is 0 Å². The minimum absolute atomic E-state index is 0.854. The summed E-state index contributed by atoms with van der Waals surface area (Å²) in [6, 6.07) is 14.3. The Kier molecular flexibility index (Phi) is 4.36. The topological polar surface area (TPSA) is 45.4 Å². The molecule has 1 aliphatic rings. The van der Waals surface area contributed by atoms with E-state index in [-0.39, 0.29) is 0 Å². The van der Waals surface area contributed by atoms with Crippen LogP contribution < -0.4 is 10.6 Å². The highest BCUT2D eigenvalue weighted by Crippen LogP contribution is 2.13. The molecule has 0 radical (unpaired) electrons. The molecule has 21 heavy (non-hydrogen) atoms. The zero-order valence-corrected chi connectivity index (χ0v) is 12.3. The fourth-order valence-electron chi connectivity index (χ4n) is 2.78. The van der Waals surface area contributed by atoms with E-state index >= 15 is 0 Å². The Labute approximate surface area is 126 Å². The highest BCUT2D eigenvalue weighted by molar-refractivity contribution is 5.41. The molecule has 1 saturated heterocycles. The molecule has 0 unspecified atom stereocenters. The third-order valence-electron chi connectivity index (χ3n) is 4.01. The lowest BCUT2D eigenvalue weighted by atomic mass is 10.1. The highest BCUT2D eigenvalue weighted by Gasteiger charge is 2.17. The third-order valence-corrected chi connectivity index (χ3v) is 4.01. The number of nitrogens with zero attached hydrogens (tertiary/aromatic N) is 3. The summed E-state index contributed by atoms with van der Waals surface area (Å²) in [6.07, 6.45) is 2.93. The van der Waals surface area contributed by atoms with Gasteiger partial charge in [0, 0.05) is 44.6 Å². The molecule has 0 aliphatic carbocycles. The van der Waals surface area contributed by atoms with Gasteiger partial charge >= 0.3 is 0 Å². The van der Waals surface area contributed by atoms with Crippen molar-refractivity contribution < 1.29 is 0 Å². The lowest BCUT2D eigenvalue weighted by molar-refractivity contribution is 0.260. The van der Waals surface area contributed by atoms with Crippen molar-refractivity contribution in [1.82, 2.24) is 9.88 Å². The first-order valence-electron chi connectivity index (χ1n) is 7.54. The number of hydrogen-bond acceptors (Lipinski definition) is 4. The second-order valence-electron chi connectivity index (χ2n) is 5.51. The van der Waals surface area contributed by atoms with E-state index in [1.807, 2.05) is 24.4 Å². The Morgan fingerprint density at radius 2 is 1.86 bits per heavy atom. The summed E-state index contributed by atoms with van der Waals surface area (Å²) in [5.74, 6) is 1.09. The predicted molar refractivity (Wildman–Crippen MR) is 87.4 cm³/mol. The number of aromatic nitrogens is 1. The summed E-state index contributed by atoms with van der Waals surface area (Å²) in [7, 11) is 0. The molecule has 110 valence electrons. The van der Waals surface area contributed by atoms with E-state index < -0.39 is 0 Å². The molecule has 0 atom stereocenters. The van der Waals surface area contributed by atoms with Gasteiger partial charge in [-0.2, -0.15) is 0 Å². The van der Waals surface area contributed by atoms with Crippen molar-refractivity contribution >= 4 is 11.5 Å². The van der Waals surface area contributed by atoms with Gasteiger partial charge in [-0.15, -0.1) is 0 Å². The van der Waals surface area contributed by atoms with Gasteiger partial charge in [-0.3, -0.25) is 4.90 Å². The van der Waals surface area contributed by atoms with Gasteiger partial charge in [0.05, 0.1) is 0 Å². The molecule has 1 aromatic heterocycles. The second kappa shape index (κ2) is 6.59. The van der Waals surface area contributed by atoms with Crippen LogP contribution >= 0.6 is 0 Å². The van der Waals surface area contributed by atoms with E-state index in [4.69, 9.17) is 5.73 Å². The maximum Gasteiger partial charge on any atom is 0.128 e. The minimum atomic E-state index is 0.854. The molecule has 0 bridgehead atoms. The molecule has 2 aromatic rings. The SMILES string of the molecule is Nc1cccc(CCN2CCN(c3ccccn3)CC2)c1. The molecule has 3 rings (SSSR count). The van der Waals surface area contributed by atoms with Crippen LogP contribution in [0.4, 0.5) is 11.5 Å². The Hall–Kier alpha value is -2.07. The largest absolute Gasteiger partial charge is 0.399 e. The molecular formula is C17H22N4. The molecule has 1 aromatic carbocycles. The molecule has 0 amide bonds. The van der Waals surface area contributed by atoms with Crippen molar-refractivity contribution in [2.24, 2.45) is 0 Å². The van der Waals surface area contributed by atoms with Crippen molar-refractivity contribution in [2.75, 3.05) is 43.4 Å². The normalized spacial score (nSPS) is 16.1. The van der Waals surface area contributed by atoms with Crippen molar-refractivity contribution in [3.05, 3.63) is 54.2 Å². The summed E-state index contributed by atoms with van der Waals surface area (Å²) in [5, 5.41) is 0. The van der Waals surface area contributed by atoms with Crippen LogP contribution in [0.15, 0.2) is 48.7 Å². The number of nitrogen functional groups attached to an aromatic ring is 1. The van der Waals surface area contributed by atoms with Crippen LogP contribution in [-0.4, -0.2) is 42.6 Å². The molecule has 1 fully saturated rings. The van der Waals surface area contributed by atoms with Gasteiger partial charge < -0.3 is 10.6 Å². The first-order chi connectivity index (χ1) is 10.3. The average Bonchev–Trinajstić information content (AvgIpc) is 2.54. The number of nitrogens with two attached hydrogens (primary N) is 1. The molecule has 4 heteroatoms. The Morgan fingerprint density at radius 1 is 1.00 bits per heavy atom. The van der Waals surface area contributed by atoms with Gasteiger partial charge in [0.25, 0.3) is 0 Å². The monoisotopic (exact) mass is 282 g/mol. The number of pyridine rings is 1. The van der Waals surface area contributed by atoms with Gasteiger partial charge in [-0.25, -0.2) is 4.98 Å². The molecule has 0 spiro atoms. The molecule has 2 heterocycles. The number of rotatable bonds is 4. The fraction of sp³-hybridized carbons (Fsp3) is 0.353. The van der Waals surface area contributed by atoms with E-state index in [9.17, 15) is 0 Å². The van der Waals surface area contributed by atoms with Gasteiger partial charge in [-0.05, 0) is 36.2 Å². The quantitative estimate of drug-likeness (QED) is 0.872. The van der Waals surface area contributed by atoms with E-state index in [0.29, 0.717) is 0 Å². The predicted octanol–water partition coefficient (Wildman–Crippen LogP) is 2.03. The maximum absolute atomic E-state index is 5.82. The minimum Gasteiger partial charge on any atom is -0.399 e. The van der Waals surface area contributed by atoms with Crippen LogP contribution in [0.5, 0.6) is 0 Å². The number of hydrogen-bond donors (Lipinski definition) is 1. The van der Waals surface area contributed by atoms with E-state index in [1.165, 1.54) is 5.56 Å². The van der Waals surface area contributed by atoms with Gasteiger partial charge in [-0.1, -0.05) is 18.2 Å². The number of piperazine rings is 1. The molecule has 1 aliphatic heterocycles. The van der Waals surface area contributed by atoms with Crippen molar-refractivity contribution in [3.8, 4) is 0 Å². The van der Waals surface area contributed by atoms with Crippen LogP contribution in [0, 0.1) is 0 Å². The summed E-state index contributed by atoms with van der Waals surface area (Å²) in [5.41, 5.74) is 8.00. The van der Waals surface area contributed by atoms with Crippen LogP contribution in [0.3, 0.4) is 0 Å². The van der Waals surface area contributed by atoms with Crippen LogP contribution in [0.1, 0.15) is 5.56 Å². The zero-order chi connectivity index (χ0) is 14.5. The van der Waals surface area contributed by atoms with Gasteiger partial charge in [0.15, 0.2) is 0 Å². The number of benzene rings is 1. The maximum atomic E-state index is 5.82. The van der Waals surface area contributed by atoms with Crippen molar-refractivity contribution in [3.63, 3.8) is 0 Å². The molecule has 0 saturated carbocycles. The van der Waals surface area contributed by atoms with Crippen molar-refractivity contribution in [1.29, 1.82) is 0 Å². The van der Waals surface area contributed by atoms with Crippen LogP contribution in [0.2, 0.25) is 0 Å². The lowest BCUT2D eigenvalue weighted by Crippen LogP contribution is -2.47. The molecule has 2 N–H and O–H groups in total. The average molecular weight is 282 g/mol. The Morgan fingerprint density at radius 3 is 2.57 bits per heavy atom. The second-order valence-corrected chi connectivity index (χ2v) is 5.51. The fourth-order valence-corrected chi connectivity index (χ4v) is 2.78. The molecular weight excluding hydrogens is 260 g/mol. The van der Waals surface area contributed by atoms with Crippen LogP contribution in [-0.2, 0) is 6.42 Å². The smallest absolute Gasteiger partial charge is 0.128 e. The van der Waals surface area contributed by atoms with E-state index in [0.717, 1.165) is 50.6 Å². The first kappa shape index (κ1) is 13.9. The van der Waals surface area contributed by atoms with E-state index in [2.05, 4.69) is 39.0 Å². The number of anilines is 2. The third kappa shape index (κ3) is 3.73. The Balaban J connectivity index is 1.48. The highest BCUT2D eigenvalue weighted by atomic mass is 15.3. The first-order valence-corrected chi connectivity index (χ1v) is 7.54. The lowest BCUT2D eigenvalue weighted by Gasteiger charge is -2.35. The summed E-state index contributed by atoms with van der Waals surface area (Å²) in [6.45, 7) is 5.39. The zero-order valence-electron chi connectivity index (χ0n) is 12.3. The summed E-state index contributed by atoms with van der Waals surface area (Å²) in [4.78, 5) is 9.30. The summed E-state index contributed by atoms with van der Waals surface area (Å²) >= 11 is 0. The summed E-state index contributed by atoms with van der Waals surface area (Å²) < 4.78 is 0. The van der Waals surface area contributed by atoms with Gasteiger partial charge in [0.2, 0.25) is 0 Å². The van der Waals surface area contributed by atoms with Crippen molar-refractivity contribution in [2.45, 2.75) is 6.42 Å². The van der Waals surface area contributed by atoms with Crippen LogP contribution in [0.25, 0.3) is 0 Å². The Bertz CT molecular complexity index is 562. The van der Waals surface area contributed by atoms with Gasteiger partial charge in [0.1, 0.15) is 5.82 Å². The standard InChI is InChI=1S/C17H22N4/c18-16-5-3-4-15(14-16)7-9-20-10-12-21(13-11-20)17-6-1-2-8-19-17/h1-6,8,14H,7,9-13,18H2. The molecule has 4 nitrogen and oxygen atoms in total.